The third kappa shape index (κ3) is 7.85. The minimum absolute atomic E-state index is 0.279. The van der Waals surface area contributed by atoms with Crippen molar-refractivity contribution in [2.24, 2.45) is 25.9 Å². The Hall–Kier alpha value is -8.12. The van der Waals surface area contributed by atoms with Gasteiger partial charge in [-0.25, -0.2) is 20.0 Å². The highest BCUT2D eigenvalue weighted by Gasteiger charge is 2.35. The van der Waals surface area contributed by atoms with E-state index in [1.54, 1.807) is 28.4 Å². The van der Waals surface area contributed by atoms with Crippen LogP contribution in [0.5, 0.6) is 23.0 Å². The van der Waals surface area contributed by atoms with Crippen molar-refractivity contribution in [1.29, 1.82) is 0 Å². The summed E-state index contributed by atoms with van der Waals surface area (Å²) in [5.41, 5.74) is 10.8. The molecule has 1 atom stereocenters. The average molecular weight is 835 g/mol. The number of hydrogen-bond acceptors (Lipinski definition) is 12. The first-order chi connectivity index (χ1) is 30.9. The number of anilines is 8. The Morgan fingerprint density at radius 1 is 0.444 bits per heavy atom. The van der Waals surface area contributed by atoms with Crippen LogP contribution in [0.25, 0.3) is 0 Å². The van der Waals surface area contributed by atoms with Crippen molar-refractivity contribution in [2.75, 3.05) is 63.0 Å². The summed E-state index contributed by atoms with van der Waals surface area (Å²) < 4.78 is 21.9. The molecule has 0 saturated heterocycles. The molecule has 0 fully saturated rings. The molecule has 0 bridgehead atoms. The van der Waals surface area contributed by atoms with Crippen LogP contribution < -0.4 is 39.4 Å². The number of nitrogens with zero attached hydrogens (tertiary/aromatic N) is 6. The Morgan fingerprint density at radius 2 is 0.825 bits per heavy atom. The molecular weight excluding hydrogens is 789 g/mol. The molecule has 0 spiro atoms. The van der Waals surface area contributed by atoms with Crippen LogP contribution in [-0.4, -0.2) is 65.8 Å². The summed E-state index contributed by atoms with van der Waals surface area (Å²) in [4.78, 5) is 24.9. The van der Waals surface area contributed by atoms with E-state index < -0.39 is 0 Å². The maximum Gasteiger partial charge on any atom is 0.163 e. The number of benzene rings is 6. The lowest BCUT2D eigenvalue weighted by molar-refractivity contribution is 0.414. The third-order valence-corrected chi connectivity index (χ3v) is 11.2. The molecule has 0 amide bonds. The third-order valence-electron chi connectivity index (χ3n) is 11.2. The standard InChI is InChI=1S/C51H46N8O4/c1-52-46-30-36(58(32-10-20-38(60-3)21-11-32)33-12-22-39(61-4)23-13-33)18-28-42(46)49-54-44-8-7-9-45-48(44)51(56-49)57-50(55-45)43-29-19-37(31-47(43)53-2)59(34-14-24-40(62-5)25-15-34)35-16-26-41(63-6)27-17-35/h7-31,48,52-53H,1-6H3. The summed E-state index contributed by atoms with van der Waals surface area (Å²) in [6.45, 7) is 0. The van der Waals surface area contributed by atoms with Crippen molar-refractivity contribution in [3.05, 3.63) is 169 Å². The zero-order valence-electron chi connectivity index (χ0n) is 35.8. The summed E-state index contributed by atoms with van der Waals surface area (Å²) in [6, 6.07) is 44.5. The normalized spacial score (nSPS) is 14.8. The topological polar surface area (TPSA) is 117 Å². The SMILES string of the molecule is CNc1cc(N(c2ccc(OC)cc2)c2ccc(OC)cc2)ccc1C1=NC2=CC=CC3=NC(c4ccc(N(c5ccc(OC)cc5)c5ccc(OC)cc5)cc4NC)=NC(=N1)C23. The quantitative estimate of drug-likeness (QED) is 0.111. The molecule has 63 heavy (non-hydrogen) atoms. The van der Waals surface area contributed by atoms with E-state index in [4.69, 9.17) is 38.9 Å². The molecule has 9 rings (SSSR count). The molecule has 12 heteroatoms. The number of rotatable bonds is 14. The minimum atomic E-state index is -0.279. The predicted molar refractivity (Wildman–Crippen MR) is 256 cm³/mol. The van der Waals surface area contributed by atoms with Crippen LogP contribution in [0.3, 0.4) is 0 Å². The minimum Gasteiger partial charge on any atom is -0.497 e. The fourth-order valence-electron chi connectivity index (χ4n) is 7.93. The second-order valence-electron chi connectivity index (χ2n) is 14.7. The maximum absolute atomic E-state index is 5.47. The van der Waals surface area contributed by atoms with Gasteiger partial charge >= 0.3 is 0 Å². The van der Waals surface area contributed by atoms with Crippen LogP contribution in [-0.2, 0) is 0 Å². The van der Waals surface area contributed by atoms with Gasteiger partial charge in [0, 0.05) is 70.7 Å². The Balaban J connectivity index is 1.09. The number of allylic oxidation sites excluding steroid dienone is 3. The van der Waals surface area contributed by atoms with E-state index in [9.17, 15) is 0 Å². The van der Waals surface area contributed by atoms with E-state index in [2.05, 4.69) is 56.8 Å². The molecule has 12 nitrogen and oxygen atoms in total. The highest BCUT2D eigenvalue weighted by atomic mass is 16.5. The van der Waals surface area contributed by atoms with Gasteiger partial charge in [-0.3, -0.25) is 0 Å². The van der Waals surface area contributed by atoms with Crippen molar-refractivity contribution in [2.45, 2.75) is 0 Å². The van der Waals surface area contributed by atoms with Crippen LogP contribution >= 0.6 is 0 Å². The van der Waals surface area contributed by atoms with Gasteiger partial charge in [-0.15, -0.1) is 0 Å². The van der Waals surface area contributed by atoms with Gasteiger partial charge in [-0.1, -0.05) is 6.08 Å². The van der Waals surface area contributed by atoms with Crippen molar-refractivity contribution >= 4 is 68.7 Å². The summed E-state index contributed by atoms with van der Waals surface area (Å²) in [7, 11) is 10.5. The van der Waals surface area contributed by atoms with Gasteiger partial charge in [0.25, 0.3) is 0 Å². The molecule has 0 radical (unpaired) electrons. The van der Waals surface area contributed by atoms with Crippen molar-refractivity contribution in [3.63, 3.8) is 0 Å². The zero-order chi connectivity index (χ0) is 43.5. The molecule has 1 unspecified atom stereocenters. The fraction of sp³-hybridized carbons (Fsp3) is 0.137. The zero-order valence-corrected chi connectivity index (χ0v) is 35.8. The number of nitrogens with one attached hydrogen (secondary N) is 2. The van der Waals surface area contributed by atoms with Crippen LogP contribution in [0.15, 0.2) is 177 Å². The number of aliphatic imine (C=N–C) groups is 4. The summed E-state index contributed by atoms with van der Waals surface area (Å²) in [5, 5.41) is 6.84. The fourth-order valence-corrected chi connectivity index (χ4v) is 7.93. The van der Waals surface area contributed by atoms with Crippen LogP contribution in [0.4, 0.5) is 45.5 Å². The van der Waals surface area contributed by atoms with Crippen molar-refractivity contribution in [3.8, 4) is 23.0 Å². The van der Waals surface area contributed by atoms with Gasteiger partial charge in [-0.05, 0) is 146 Å². The Morgan fingerprint density at radius 3 is 1.21 bits per heavy atom. The van der Waals surface area contributed by atoms with E-state index in [0.717, 1.165) is 91.0 Å². The van der Waals surface area contributed by atoms with E-state index >= 15 is 0 Å². The Kier molecular flexibility index (Phi) is 11.2. The highest BCUT2D eigenvalue weighted by Crippen LogP contribution is 2.41. The molecule has 1 aliphatic carbocycles. The first kappa shape index (κ1) is 40.3. The van der Waals surface area contributed by atoms with Gasteiger partial charge in [0.15, 0.2) is 11.7 Å². The lowest BCUT2D eigenvalue weighted by Crippen LogP contribution is -2.34. The molecule has 2 heterocycles. The summed E-state index contributed by atoms with van der Waals surface area (Å²) >= 11 is 0. The second kappa shape index (κ2) is 17.5. The van der Waals surface area contributed by atoms with Gasteiger partial charge in [0.1, 0.15) is 34.8 Å². The van der Waals surface area contributed by atoms with E-state index in [-0.39, 0.29) is 5.92 Å². The van der Waals surface area contributed by atoms with Gasteiger partial charge in [-0.2, -0.15) is 0 Å². The van der Waals surface area contributed by atoms with E-state index in [1.165, 1.54) is 0 Å². The number of hydrogen-bond donors (Lipinski definition) is 2. The highest BCUT2D eigenvalue weighted by molar-refractivity contribution is 6.30. The predicted octanol–water partition coefficient (Wildman–Crippen LogP) is 10.9. The molecule has 3 aliphatic rings. The van der Waals surface area contributed by atoms with E-state index in [0.29, 0.717) is 17.5 Å². The van der Waals surface area contributed by atoms with Gasteiger partial charge in [0.2, 0.25) is 0 Å². The Labute approximate surface area is 366 Å². The van der Waals surface area contributed by atoms with Gasteiger partial charge < -0.3 is 39.4 Å². The number of ether oxygens (including phenoxy) is 4. The largest absolute Gasteiger partial charge is 0.497 e. The summed E-state index contributed by atoms with van der Waals surface area (Å²) in [5.74, 6) is 4.58. The number of amidine groups is 3. The van der Waals surface area contributed by atoms with Crippen LogP contribution in [0.2, 0.25) is 0 Å². The van der Waals surface area contributed by atoms with Crippen molar-refractivity contribution in [1.82, 2.24) is 0 Å². The van der Waals surface area contributed by atoms with Gasteiger partial charge in [0.05, 0.1) is 39.8 Å². The lowest BCUT2D eigenvalue weighted by atomic mass is 9.90. The number of methoxy groups -OCH3 is 4. The lowest BCUT2D eigenvalue weighted by Gasteiger charge is -2.29. The first-order valence-corrected chi connectivity index (χ1v) is 20.5. The van der Waals surface area contributed by atoms with Crippen LogP contribution in [0.1, 0.15) is 11.1 Å². The average Bonchev–Trinajstić information content (AvgIpc) is 3.34. The van der Waals surface area contributed by atoms with Crippen LogP contribution in [0, 0.1) is 5.92 Å². The van der Waals surface area contributed by atoms with Crippen molar-refractivity contribution < 1.29 is 18.9 Å². The smallest absolute Gasteiger partial charge is 0.163 e. The molecule has 6 aromatic rings. The first-order valence-electron chi connectivity index (χ1n) is 20.5. The molecular formula is C51H46N8O4. The monoisotopic (exact) mass is 834 g/mol. The second-order valence-corrected chi connectivity index (χ2v) is 14.7. The molecule has 0 aromatic heterocycles. The Bertz CT molecular complexity index is 2600. The molecule has 2 N–H and O–H groups in total. The molecule has 6 aromatic carbocycles. The molecule has 2 aliphatic heterocycles. The summed E-state index contributed by atoms with van der Waals surface area (Å²) in [6.07, 6.45) is 6.02. The molecule has 0 saturated carbocycles. The molecule has 314 valence electrons. The maximum atomic E-state index is 5.47. The van der Waals surface area contributed by atoms with E-state index in [1.807, 2.05) is 129 Å².